The molecule has 1 aromatic carbocycles. The van der Waals surface area contributed by atoms with Crippen LogP contribution in [-0.4, -0.2) is 9.78 Å². The lowest BCUT2D eigenvalue weighted by Gasteiger charge is -2.14. The van der Waals surface area contributed by atoms with Crippen molar-refractivity contribution in [3.05, 3.63) is 53.3 Å². The Hall–Kier alpha value is -1.61. The number of aromatic nitrogens is 2. The Bertz CT molecular complexity index is 525. The van der Waals surface area contributed by atoms with Crippen molar-refractivity contribution in [3.63, 3.8) is 0 Å². The first-order valence-electron chi connectivity index (χ1n) is 7.46. The van der Waals surface area contributed by atoms with Gasteiger partial charge in [-0.25, -0.2) is 0 Å². The highest BCUT2D eigenvalue weighted by molar-refractivity contribution is 5.24. The summed E-state index contributed by atoms with van der Waals surface area (Å²) in [6.07, 6.45) is 3.14. The molecule has 1 unspecified atom stereocenters. The summed E-state index contributed by atoms with van der Waals surface area (Å²) < 4.78 is 2.00. The molecule has 108 valence electrons. The van der Waals surface area contributed by atoms with Crippen molar-refractivity contribution in [2.24, 2.45) is 0 Å². The SMILES string of the molecule is CCc1ccc(C(C)NCc2ccn(C(C)C)n2)cc1. The predicted molar refractivity (Wildman–Crippen MR) is 83.7 cm³/mol. The molecule has 0 bridgehead atoms. The third-order valence-electron chi connectivity index (χ3n) is 3.67. The van der Waals surface area contributed by atoms with Gasteiger partial charge in [-0.05, 0) is 44.4 Å². The van der Waals surface area contributed by atoms with Crippen LogP contribution in [0.1, 0.15) is 56.6 Å². The molecule has 0 fully saturated rings. The Morgan fingerprint density at radius 3 is 2.35 bits per heavy atom. The molecule has 1 aromatic heterocycles. The molecule has 0 aliphatic rings. The van der Waals surface area contributed by atoms with Crippen LogP contribution in [0.15, 0.2) is 36.5 Å². The molecule has 0 aliphatic heterocycles. The highest BCUT2D eigenvalue weighted by Crippen LogP contribution is 2.14. The molecule has 1 atom stereocenters. The molecule has 2 aromatic rings. The van der Waals surface area contributed by atoms with Crippen molar-refractivity contribution < 1.29 is 0 Å². The van der Waals surface area contributed by atoms with E-state index in [0.717, 1.165) is 18.7 Å². The fourth-order valence-electron chi connectivity index (χ4n) is 2.18. The van der Waals surface area contributed by atoms with E-state index in [2.05, 4.69) is 68.4 Å². The first kappa shape index (κ1) is 14.8. The van der Waals surface area contributed by atoms with E-state index in [-0.39, 0.29) is 0 Å². The van der Waals surface area contributed by atoms with Gasteiger partial charge in [0.25, 0.3) is 0 Å². The number of benzene rings is 1. The highest BCUT2D eigenvalue weighted by Gasteiger charge is 2.07. The summed E-state index contributed by atoms with van der Waals surface area (Å²) in [5, 5.41) is 8.09. The molecular weight excluding hydrogens is 246 g/mol. The van der Waals surface area contributed by atoms with E-state index in [1.54, 1.807) is 0 Å². The molecule has 1 heterocycles. The van der Waals surface area contributed by atoms with Gasteiger partial charge in [-0.1, -0.05) is 31.2 Å². The predicted octanol–water partition coefficient (Wildman–Crippen LogP) is 3.88. The largest absolute Gasteiger partial charge is 0.304 e. The van der Waals surface area contributed by atoms with Crippen molar-refractivity contribution in [1.82, 2.24) is 15.1 Å². The summed E-state index contributed by atoms with van der Waals surface area (Å²) in [7, 11) is 0. The molecule has 0 amide bonds. The lowest BCUT2D eigenvalue weighted by atomic mass is 10.1. The van der Waals surface area contributed by atoms with Crippen LogP contribution in [0, 0.1) is 0 Å². The van der Waals surface area contributed by atoms with Crippen LogP contribution in [0.2, 0.25) is 0 Å². The molecule has 0 saturated carbocycles. The van der Waals surface area contributed by atoms with Gasteiger partial charge in [-0.3, -0.25) is 4.68 Å². The number of nitrogens with zero attached hydrogens (tertiary/aromatic N) is 2. The Morgan fingerprint density at radius 2 is 1.80 bits per heavy atom. The second kappa shape index (κ2) is 6.71. The van der Waals surface area contributed by atoms with Crippen LogP contribution < -0.4 is 5.32 Å². The van der Waals surface area contributed by atoms with Crippen molar-refractivity contribution in [3.8, 4) is 0 Å². The van der Waals surface area contributed by atoms with Crippen molar-refractivity contribution in [2.75, 3.05) is 0 Å². The zero-order valence-corrected chi connectivity index (χ0v) is 12.9. The van der Waals surface area contributed by atoms with Gasteiger partial charge in [0.2, 0.25) is 0 Å². The van der Waals surface area contributed by atoms with E-state index in [1.807, 2.05) is 10.9 Å². The summed E-state index contributed by atoms with van der Waals surface area (Å²) >= 11 is 0. The zero-order chi connectivity index (χ0) is 14.5. The molecular formula is C17H25N3. The van der Waals surface area contributed by atoms with E-state index in [1.165, 1.54) is 11.1 Å². The van der Waals surface area contributed by atoms with E-state index in [9.17, 15) is 0 Å². The van der Waals surface area contributed by atoms with Gasteiger partial charge >= 0.3 is 0 Å². The van der Waals surface area contributed by atoms with E-state index >= 15 is 0 Å². The lowest BCUT2D eigenvalue weighted by molar-refractivity contribution is 0.512. The van der Waals surface area contributed by atoms with Gasteiger partial charge in [-0.2, -0.15) is 5.10 Å². The normalized spacial score (nSPS) is 12.8. The van der Waals surface area contributed by atoms with Gasteiger partial charge in [-0.15, -0.1) is 0 Å². The average Bonchev–Trinajstić information content (AvgIpc) is 2.94. The molecule has 0 radical (unpaired) electrons. The number of rotatable bonds is 6. The quantitative estimate of drug-likeness (QED) is 0.864. The van der Waals surface area contributed by atoms with Crippen LogP contribution in [-0.2, 0) is 13.0 Å². The van der Waals surface area contributed by atoms with Crippen molar-refractivity contribution in [1.29, 1.82) is 0 Å². The molecule has 1 N–H and O–H groups in total. The lowest BCUT2D eigenvalue weighted by Crippen LogP contribution is -2.18. The number of hydrogen-bond acceptors (Lipinski definition) is 2. The van der Waals surface area contributed by atoms with E-state index in [0.29, 0.717) is 12.1 Å². The summed E-state index contributed by atoms with van der Waals surface area (Å²) in [6.45, 7) is 9.46. The summed E-state index contributed by atoms with van der Waals surface area (Å²) in [5.41, 5.74) is 3.80. The third kappa shape index (κ3) is 3.70. The minimum Gasteiger partial charge on any atom is -0.304 e. The van der Waals surface area contributed by atoms with E-state index in [4.69, 9.17) is 0 Å². The van der Waals surface area contributed by atoms with Crippen LogP contribution >= 0.6 is 0 Å². The highest BCUT2D eigenvalue weighted by atomic mass is 15.3. The van der Waals surface area contributed by atoms with Gasteiger partial charge in [0.1, 0.15) is 0 Å². The van der Waals surface area contributed by atoms with Crippen LogP contribution in [0.5, 0.6) is 0 Å². The topological polar surface area (TPSA) is 29.9 Å². The van der Waals surface area contributed by atoms with Crippen LogP contribution in [0.25, 0.3) is 0 Å². The molecule has 20 heavy (non-hydrogen) atoms. The number of hydrogen-bond donors (Lipinski definition) is 1. The standard InChI is InChI=1S/C17H25N3/c1-5-15-6-8-16(9-7-15)14(4)18-12-17-10-11-20(19-17)13(2)3/h6-11,13-14,18H,5,12H2,1-4H3. The monoisotopic (exact) mass is 271 g/mol. The Labute approximate surface area is 122 Å². The minimum absolute atomic E-state index is 0.338. The van der Waals surface area contributed by atoms with Gasteiger partial charge in [0.05, 0.1) is 5.69 Å². The molecule has 2 rings (SSSR count). The van der Waals surface area contributed by atoms with Crippen LogP contribution in [0.3, 0.4) is 0 Å². The van der Waals surface area contributed by atoms with Crippen molar-refractivity contribution in [2.45, 2.75) is 52.7 Å². The maximum atomic E-state index is 4.56. The molecule has 0 aliphatic carbocycles. The van der Waals surface area contributed by atoms with E-state index < -0.39 is 0 Å². The Balaban J connectivity index is 1.91. The molecule has 0 spiro atoms. The van der Waals surface area contributed by atoms with Crippen molar-refractivity contribution >= 4 is 0 Å². The smallest absolute Gasteiger partial charge is 0.0762 e. The average molecular weight is 271 g/mol. The first-order chi connectivity index (χ1) is 9.60. The fourth-order valence-corrected chi connectivity index (χ4v) is 2.18. The third-order valence-corrected chi connectivity index (χ3v) is 3.67. The summed E-state index contributed by atoms with van der Waals surface area (Å²) in [6, 6.07) is 11.7. The summed E-state index contributed by atoms with van der Waals surface area (Å²) in [4.78, 5) is 0. The molecule has 0 saturated heterocycles. The molecule has 3 heteroatoms. The second-order valence-electron chi connectivity index (χ2n) is 5.58. The summed E-state index contributed by atoms with van der Waals surface area (Å²) in [5.74, 6) is 0. The maximum Gasteiger partial charge on any atom is 0.0762 e. The first-order valence-corrected chi connectivity index (χ1v) is 7.46. The Kier molecular flexibility index (Phi) is 4.96. The molecule has 3 nitrogen and oxygen atoms in total. The van der Waals surface area contributed by atoms with Crippen LogP contribution in [0.4, 0.5) is 0 Å². The van der Waals surface area contributed by atoms with Gasteiger partial charge < -0.3 is 5.32 Å². The zero-order valence-electron chi connectivity index (χ0n) is 12.9. The second-order valence-corrected chi connectivity index (χ2v) is 5.58. The maximum absolute atomic E-state index is 4.56. The van der Waals surface area contributed by atoms with Gasteiger partial charge in [0, 0.05) is 24.8 Å². The minimum atomic E-state index is 0.338. The van der Waals surface area contributed by atoms with Gasteiger partial charge in [0.15, 0.2) is 0 Å². The number of aryl methyl sites for hydroxylation is 1. The fraction of sp³-hybridized carbons (Fsp3) is 0.471. The Morgan fingerprint density at radius 1 is 1.10 bits per heavy atom. The number of nitrogens with one attached hydrogen (secondary N) is 1.